The Labute approximate surface area is 213 Å². The molecule has 5 atom stereocenters. The first-order valence-electron chi connectivity index (χ1n) is 12.7. The molecule has 0 unspecified atom stereocenters. The van der Waals surface area contributed by atoms with Gasteiger partial charge in [0.05, 0.1) is 29.1 Å². The molecule has 2 aliphatic carbocycles. The fourth-order valence-electron chi connectivity index (χ4n) is 6.58. The molecule has 2 saturated heterocycles. The van der Waals surface area contributed by atoms with Gasteiger partial charge in [0.15, 0.2) is 0 Å². The third kappa shape index (κ3) is 3.34. The monoisotopic (exact) mass is 492 g/mol. The summed E-state index contributed by atoms with van der Waals surface area (Å²) < 4.78 is 5.66. The SMILES string of the molecule is O=C(Oc1cccc(N2C(=O)[C@@H]3[C@H](C2=O)[C@H]2C=C[C@H]3C2)c1)[C@@H]1CC(=O)N(c2cccc3ccccc23)C1. The zero-order chi connectivity index (χ0) is 25.3. The first kappa shape index (κ1) is 22.0. The number of hydrogen-bond acceptors (Lipinski definition) is 5. The zero-order valence-corrected chi connectivity index (χ0v) is 19.9. The maximum absolute atomic E-state index is 13.2. The summed E-state index contributed by atoms with van der Waals surface area (Å²) in [5, 5.41) is 1.97. The van der Waals surface area contributed by atoms with Crippen molar-refractivity contribution in [2.75, 3.05) is 16.3 Å². The molecule has 4 aliphatic rings. The second-order valence-electron chi connectivity index (χ2n) is 10.3. The Balaban J connectivity index is 1.09. The standard InChI is InChI=1S/C30H24N2O5/c33-25-14-20(16-31(25)24-10-3-6-17-5-1-2-9-23(17)24)30(36)37-22-8-4-7-21(15-22)32-28(34)26-18-11-12-19(13-18)27(26)29(32)35/h1-12,15,18-20,26-27H,13-14,16H2/t18-,19-,20+,26-,27+/m0/s1. The average Bonchev–Trinajstić information content (AvgIpc) is 3.67. The molecule has 2 aliphatic heterocycles. The highest BCUT2D eigenvalue weighted by Crippen LogP contribution is 2.53. The predicted octanol–water partition coefficient (Wildman–Crippen LogP) is 4.11. The zero-order valence-electron chi connectivity index (χ0n) is 19.9. The molecule has 1 saturated carbocycles. The number of imide groups is 1. The third-order valence-corrected chi connectivity index (χ3v) is 8.28. The lowest BCUT2D eigenvalue weighted by Gasteiger charge is -2.19. The highest BCUT2D eigenvalue weighted by atomic mass is 16.5. The van der Waals surface area contributed by atoms with Crippen molar-refractivity contribution in [1.29, 1.82) is 0 Å². The van der Waals surface area contributed by atoms with Crippen LogP contribution in [0.2, 0.25) is 0 Å². The molecule has 3 aromatic rings. The van der Waals surface area contributed by atoms with Crippen LogP contribution in [0.25, 0.3) is 10.8 Å². The largest absolute Gasteiger partial charge is 0.426 e. The quantitative estimate of drug-likeness (QED) is 0.237. The van der Waals surface area contributed by atoms with Gasteiger partial charge in [-0.3, -0.25) is 19.2 Å². The number of esters is 1. The number of rotatable bonds is 4. The minimum atomic E-state index is -0.619. The van der Waals surface area contributed by atoms with Gasteiger partial charge in [0.1, 0.15) is 5.75 Å². The molecule has 7 rings (SSSR count). The van der Waals surface area contributed by atoms with E-state index in [-0.39, 0.29) is 60.1 Å². The van der Waals surface area contributed by atoms with Crippen LogP contribution in [0.4, 0.5) is 11.4 Å². The number of carbonyl (C=O) groups is 4. The number of ether oxygens (including phenoxy) is 1. The van der Waals surface area contributed by atoms with Gasteiger partial charge in [-0.1, -0.05) is 54.6 Å². The minimum Gasteiger partial charge on any atom is -0.426 e. The average molecular weight is 493 g/mol. The summed E-state index contributed by atoms with van der Waals surface area (Å²) in [6.45, 7) is 0.230. The lowest BCUT2D eigenvalue weighted by atomic mass is 9.85. The van der Waals surface area contributed by atoms with Gasteiger partial charge in [-0.2, -0.15) is 0 Å². The lowest BCUT2D eigenvalue weighted by Crippen LogP contribution is -2.32. The second kappa shape index (κ2) is 8.13. The van der Waals surface area contributed by atoms with Crippen LogP contribution in [0.5, 0.6) is 5.75 Å². The van der Waals surface area contributed by atoms with Gasteiger partial charge in [0, 0.05) is 24.4 Å². The number of fused-ring (bicyclic) bond motifs is 6. The predicted molar refractivity (Wildman–Crippen MR) is 137 cm³/mol. The molecule has 2 bridgehead atoms. The number of anilines is 2. The van der Waals surface area contributed by atoms with E-state index in [4.69, 9.17) is 4.74 Å². The Hall–Kier alpha value is -4.26. The van der Waals surface area contributed by atoms with Crippen LogP contribution in [0, 0.1) is 29.6 Å². The van der Waals surface area contributed by atoms with E-state index >= 15 is 0 Å². The summed E-state index contributed by atoms with van der Waals surface area (Å²) in [4.78, 5) is 55.1. The van der Waals surface area contributed by atoms with E-state index < -0.39 is 11.9 Å². The van der Waals surface area contributed by atoms with E-state index in [2.05, 4.69) is 12.2 Å². The molecule has 184 valence electrons. The molecular formula is C30H24N2O5. The van der Waals surface area contributed by atoms with Crippen LogP contribution in [-0.2, 0) is 19.2 Å². The van der Waals surface area contributed by atoms with Crippen molar-refractivity contribution < 1.29 is 23.9 Å². The molecule has 7 heteroatoms. The van der Waals surface area contributed by atoms with Crippen molar-refractivity contribution in [3.8, 4) is 5.75 Å². The Morgan fingerprint density at radius 2 is 1.54 bits per heavy atom. The number of nitrogens with zero attached hydrogens (tertiary/aromatic N) is 2. The van der Waals surface area contributed by atoms with E-state index in [1.54, 1.807) is 29.2 Å². The van der Waals surface area contributed by atoms with Gasteiger partial charge >= 0.3 is 5.97 Å². The molecule has 3 fully saturated rings. The summed E-state index contributed by atoms with van der Waals surface area (Å²) in [6, 6.07) is 20.1. The molecule has 2 heterocycles. The van der Waals surface area contributed by atoms with Crippen LogP contribution in [0.1, 0.15) is 12.8 Å². The molecule has 3 aromatic carbocycles. The lowest BCUT2D eigenvalue weighted by molar-refractivity contribution is -0.139. The van der Waals surface area contributed by atoms with Crippen LogP contribution in [0.15, 0.2) is 78.9 Å². The summed E-state index contributed by atoms with van der Waals surface area (Å²) in [6.07, 6.45) is 5.05. The van der Waals surface area contributed by atoms with Crippen LogP contribution >= 0.6 is 0 Å². The smallest absolute Gasteiger partial charge is 0.316 e. The number of hydrogen-bond donors (Lipinski definition) is 0. The number of carbonyl (C=O) groups excluding carboxylic acids is 4. The molecular weight excluding hydrogens is 468 g/mol. The Morgan fingerprint density at radius 1 is 0.838 bits per heavy atom. The summed E-state index contributed by atoms with van der Waals surface area (Å²) in [5.41, 5.74) is 1.19. The van der Waals surface area contributed by atoms with E-state index in [1.807, 2.05) is 42.5 Å². The van der Waals surface area contributed by atoms with Crippen molar-refractivity contribution >= 4 is 45.8 Å². The highest BCUT2D eigenvalue weighted by molar-refractivity contribution is 6.23. The number of allylic oxidation sites excluding steroid dienone is 2. The Bertz CT molecular complexity index is 1490. The number of amides is 3. The summed E-state index contributed by atoms with van der Waals surface area (Å²) in [7, 11) is 0. The maximum Gasteiger partial charge on any atom is 0.316 e. The van der Waals surface area contributed by atoms with Crippen molar-refractivity contribution in [2.45, 2.75) is 12.8 Å². The van der Waals surface area contributed by atoms with E-state index in [0.717, 1.165) is 22.9 Å². The molecule has 0 spiro atoms. The highest BCUT2D eigenvalue weighted by Gasteiger charge is 2.59. The summed E-state index contributed by atoms with van der Waals surface area (Å²) in [5.74, 6) is -1.70. The molecule has 7 nitrogen and oxygen atoms in total. The van der Waals surface area contributed by atoms with Crippen LogP contribution < -0.4 is 14.5 Å². The van der Waals surface area contributed by atoms with E-state index in [0.29, 0.717) is 5.69 Å². The van der Waals surface area contributed by atoms with Gasteiger partial charge < -0.3 is 9.64 Å². The Morgan fingerprint density at radius 3 is 2.32 bits per heavy atom. The van der Waals surface area contributed by atoms with Gasteiger partial charge in [-0.05, 0) is 41.8 Å². The van der Waals surface area contributed by atoms with Crippen molar-refractivity contribution in [3.63, 3.8) is 0 Å². The Kier molecular flexibility index (Phi) is 4.83. The fraction of sp³-hybridized carbons (Fsp3) is 0.267. The molecule has 0 N–H and O–H groups in total. The topological polar surface area (TPSA) is 84.0 Å². The number of benzene rings is 3. The third-order valence-electron chi connectivity index (χ3n) is 8.28. The fourth-order valence-corrected chi connectivity index (χ4v) is 6.58. The molecule has 37 heavy (non-hydrogen) atoms. The normalized spacial score (nSPS) is 28.0. The van der Waals surface area contributed by atoms with Gasteiger partial charge in [0.2, 0.25) is 17.7 Å². The van der Waals surface area contributed by atoms with Gasteiger partial charge in [-0.15, -0.1) is 0 Å². The van der Waals surface area contributed by atoms with Crippen molar-refractivity contribution in [1.82, 2.24) is 0 Å². The molecule has 3 amide bonds. The maximum atomic E-state index is 13.2. The van der Waals surface area contributed by atoms with E-state index in [1.165, 1.54) is 4.90 Å². The second-order valence-corrected chi connectivity index (χ2v) is 10.3. The van der Waals surface area contributed by atoms with E-state index in [9.17, 15) is 19.2 Å². The van der Waals surface area contributed by atoms with Gasteiger partial charge in [0.25, 0.3) is 0 Å². The summed E-state index contributed by atoms with van der Waals surface area (Å²) >= 11 is 0. The van der Waals surface area contributed by atoms with Crippen LogP contribution in [-0.4, -0.2) is 30.2 Å². The van der Waals surface area contributed by atoms with Crippen LogP contribution in [0.3, 0.4) is 0 Å². The van der Waals surface area contributed by atoms with Crippen molar-refractivity contribution in [3.05, 3.63) is 78.9 Å². The van der Waals surface area contributed by atoms with Crippen molar-refractivity contribution in [2.24, 2.45) is 29.6 Å². The minimum absolute atomic E-state index is 0.0595. The molecule has 0 aromatic heterocycles. The van der Waals surface area contributed by atoms with Gasteiger partial charge in [-0.25, -0.2) is 4.90 Å². The molecule has 0 radical (unpaired) electrons. The first-order valence-corrected chi connectivity index (χ1v) is 12.7. The first-order chi connectivity index (χ1) is 18.0.